The quantitative estimate of drug-likeness (QED) is 0.807. The van der Waals surface area contributed by atoms with Crippen molar-refractivity contribution < 1.29 is 19.4 Å². The van der Waals surface area contributed by atoms with Crippen molar-refractivity contribution in [2.24, 2.45) is 5.92 Å². The number of benzene rings is 1. The molecule has 1 aliphatic rings. The average molecular weight is 277 g/mol. The highest BCUT2D eigenvalue weighted by Gasteiger charge is 2.36. The molecular weight excluding hydrogens is 258 g/mol. The van der Waals surface area contributed by atoms with E-state index >= 15 is 0 Å². The van der Waals surface area contributed by atoms with Crippen molar-refractivity contribution in [3.8, 4) is 5.75 Å². The maximum atomic E-state index is 12.3. The van der Waals surface area contributed by atoms with Gasteiger partial charge in [-0.15, -0.1) is 0 Å². The summed E-state index contributed by atoms with van der Waals surface area (Å²) in [5, 5.41) is 9.00. The molecule has 0 radical (unpaired) electrons. The Morgan fingerprint density at radius 1 is 1.40 bits per heavy atom. The van der Waals surface area contributed by atoms with Crippen LogP contribution in [-0.2, 0) is 16.1 Å². The molecule has 0 spiro atoms. The van der Waals surface area contributed by atoms with Gasteiger partial charge in [-0.25, -0.2) is 0 Å². The van der Waals surface area contributed by atoms with Gasteiger partial charge in [-0.2, -0.15) is 0 Å². The summed E-state index contributed by atoms with van der Waals surface area (Å²) >= 11 is 0. The number of nitrogens with zero attached hydrogens (tertiary/aromatic N) is 1. The van der Waals surface area contributed by atoms with Crippen molar-refractivity contribution in [2.45, 2.75) is 32.4 Å². The van der Waals surface area contributed by atoms with Gasteiger partial charge >= 0.3 is 5.97 Å². The lowest BCUT2D eigenvalue weighted by Gasteiger charge is -2.25. The number of hydrogen-bond donors (Lipinski definition) is 1. The molecule has 1 N–H and O–H groups in total. The van der Waals surface area contributed by atoms with Crippen LogP contribution < -0.4 is 4.74 Å². The highest BCUT2D eigenvalue weighted by Crippen LogP contribution is 2.31. The van der Waals surface area contributed by atoms with Gasteiger partial charge in [0.25, 0.3) is 0 Å². The van der Waals surface area contributed by atoms with Gasteiger partial charge in [0, 0.05) is 18.2 Å². The zero-order valence-corrected chi connectivity index (χ0v) is 11.7. The summed E-state index contributed by atoms with van der Waals surface area (Å²) in [5.41, 5.74) is 0.896. The van der Waals surface area contributed by atoms with E-state index in [9.17, 15) is 9.59 Å². The van der Waals surface area contributed by atoms with Gasteiger partial charge in [0.2, 0.25) is 5.91 Å². The third-order valence-corrected chi connectivity index (χ3v) is 3.54. The fraction of sp³-hybridized carbons (Fsp3) is 0.467. The molecule has 2 rings (SSSR count). The molecule has 0 aliphatic heterocycles. The molecule has 1 aromatic carbocycles. The number of ether oxygens (including phenoxy) is 1. The normalized spacial score (nSPS) is 15.5. The zero-order chi connectivity index (χ0) is 14.7. The maximum Gasteiger partial charge on any atom is 0.315 e. The Morgan fingerprint density at radius 3 is 2.60 bits per heavy atom. The molecule has 20 heavy (non-hydrogen) atoms. The standard InChI is InChI=1S/C15H19NO4/c1-10(15(18)19)14(17)16(12-7-8-12)9-11-5-3-4-6-13(11)20-2/h3-6,10,12H,7-9H2,1-2H3,(H,18,19). The van der Waals surface area contributed by atoms with E-state index in [-0.39, 0.29) is 11.9 Å². The molecule has 108 valence electrons. The van der Waals surface area contributed by atoms with Gasteiger partial charge < -0.3 is 14.7 Å². The predicted molar refractivity (Wildman–Crippen MR) is 73.4 cm³/mol. The van der Waals surface area contributed by atoms with Crippen LogP contribution in [0.1, 0.15) is 25.3 Å². The fourth-order valence-corrected chi connectivity index (χ4v) is 2.14. The largest absolute Gasteiger partial charge is 0.496 e. The fourth-order valence-electron chi connectivity index (χ4n) is 2.14. The molecule has 5 nitrogen and oxygen atoms in total. The summed E-state index contributed by atoms with van der Waals surface area (Å²) in [4.78, 5) is 24.9. The summed E-state index contributed by atoms with van der Waals surface area (Å²) in [6.45, 7) is 1.83. The second-order valence-electron chi connectivity index (χ2n) is 5.07. The van der Waals surface area contributed by atoms with E-state index in [1.54, 1.807) is 12.0 Å². The van der Waals surface area contributed by atoms with Crippen LogP contribution in [0.4, 0.5) is 0 Å². The van der Waals surface area contributed by atoms with E-state index in [1.807, 2.05) is 24.3 Å². The van der Waals surface area contributed by atoms with E-state index in [0.717, 1.165) is 18.4 Å². The summed E-state index contributed by atoms with van der Waals surface area (Å²) in [6.07, 6.45) is 1.88. The summed E-state index contributed by atoms with van der Waals surface area (Å²) in [5.74, 6) is -1.70. The first-order valence-corrected chi connectivity index (χ1v) is 6.69. The van der Waals surface area contributed by atoms with Crippen molar-refractivity contribution in [2.75, 3.05) is 7.11 Å². The number of hydrogen-bond acceptors (Lipinski definition) is 3. The van der Waals surface area contributed by atoms with Crippen LogP contribution in [0, 0.1) is 5.92 Å². The number of aliphatic carboxylic acids is 1. The second kappa shape index (κ2) is 5.94. The number of carbonyl (C=O) groups is 2. The van der Waals surface area contributed by atoms with Gasteiger partial charge in [0.15, 0.2) is 0 Å². The Kier molecular flexibility index (Phi) is 4.27. The number of carbonyl (C=O) groups excluding carboxylic acids is 1. The van der Waals surface area contributed by atoms with Crippen LogP contribution in [0.5, 0.6) is 5.75 Å². The third kappa shape index (κ3) is 3.10. The Morgan fingerprint density at radius 2 is 2.05 bits per heavy atom. The number of rotatable bonds is 6. The molecule has 5 heteroatoms. The summed E-state index contributed by atoms with van der Waals surface area (Å²) < 4.78 is 5.28. The van der Waals surface area contributed by atoms with Crippen LogP contribution >= 0.6 is 0 Å². The lowest BCUT2D eigenvalue weighted by atomic mass is 10.1. The average Bonchev–Trinajstić information content (AvgIpc) is 3.28. The van der Waals surface area contributed by atoms with Crippen molar-refractivity contribution in [3.05, 3.63) is 29.8 Å². The molecule has 0 saturated heterocycles. The lowest BCUT2D eigenvalue weighted by molar-refractivity contribution is -0.150. The van der Waals surface area contributed by atoms with Crippen LogP contribution in [0.3, 0.4) is 0 Å². The monoisotopic (exact) mass is 277 g/mol. The van der Waals surface area contributed by atoms with Crippen LogP contribution in [0.2, 0.25) is 0 Å². The molecule has 1 amide bonds. The third-order valence-electron chi connectivity index (χ3n) is 3.54. The molecule has 1 aromatic rings. The Labute approximate surface area is 118 Å². The Balaban J connectivity index is 2.18. The van der Waals surface area contributed by atoms with Gasteiger partial charge in [-0.1, -0.05) is 18.2 Å². The summed E-state index contributed by atoms with van der Waals surface area (Å²) in [6, 6.07) is 7.65. The summed E-state index contributed by atoms with van der Waals surface area (Å²) in [7, 11) is 1.59. The highest BCUT2D eigenvalue weighted by atomic mass is 16.5. The van der Waals surface area contributed by atoms with Crippen molar-refractivity contribution in [3.63, 3.8) is 0 Å². The lowest BCUT2D eigenvalue weighted by Crippen LogP contribution is -2.39. The van der Waals surface area contributed by atoms with E-state index in [1.165, 1.54) is 6.92 Å². The number of carboxylic acids is 1. The minimum absolute atomic E-state index is 0.161. The van der Waals surface area contributed by atoms with Crippen molar-refractivity contribution >= 4 is 11.9 Å². The first-order chi connectivity index (χ1) is 9.54. The maximum absolute atomic E-state index is 12.3. The van der Waals surface area contributed by atoms with Crippen LogP contribution in [0.25, 0.3) is 0 Å². The minimum atomic E-state index is -1.08. The van der Waals surface area contributed by atoms with E-state index in [4.69, 9.17) is 9.84 Å². The van der Waals surface area contributed by atoms with Crippen LogP contribution in [-0.4, -0.2) is 35.0 Å². The van der Waals surface area contributed by atoms with E-state index in [2.05, 4.69) is 0 Å². The van der Waals surface area contributed by atoms with Crippen molar-refractivity contribution in [1.82, 2.24) is 4.90 Å². The zero-order valence-electron chi connectivity index (χ0n) is 11.7. The second-order valence-corrected chi connectivity index (χ2v) is 5.07. The molecule has 0 bridgehead atoms. The molecular formula is C15H19NO4. The number of carboxylic acid groups (broad SMARTS) is 1. The predicted octanol–water partition coefficient (Wildman–Crippen LogP) is 1.91. The molecule has 1 unspecified atom stereocenters. The van der Waals surface area contributed by atoms with Crippen LogP contribution in [0.15, 0.2) is 24.3 Å². The Hall–Kier alpha value is -2.04. The van der Waals surface area contributed by atoms with Gasteiger partial charge in [-0.05, 0) is 25.8 Å². The first kappa shape index (κ1) is 14.4. The van der Waals surface area contributed by atoms with Crippen molar-refractivity contribution in [1.29, 1.82) is 0 Å². The number of methoxy groups -OCH3 is 1. The van der Waals surface area contributed by atoms with E-state index in [0.29, 0.717) is 12.3 Å². The number of para-hydroxylation sites is 1. The number of amides is 1. The molecule has 1 fully saturated rings. The van der Waals surface area contributed by atoms with Gasteiger partial charge in [0.05, 0.1) is 7.11 Å². The highest BCUT2D eigenvalue weighted by molar-refractivity contribution is 5.96. The molecule has 1 saturated carbocycles. The first-order valence-electron chi connectivity index (χ1n) is 6.69. The van der Waals surface area contributed by atoms with Gasteiger partial charge in [-0.3, -0.25) is 9.59 Å². The van der Waals surface area contributed by atoms with Gasteiger partial charge in [0.1, 0.15) is 11.7 Å². The smallest absolute Gasteiger partial charge is 0.315 e. The SMILES string of the molecule is COc1ccccc1CN(C(=O)C(C)C(=O)O)C1CC1. The molecule has 0 aromatic heterocycles. The molecule has 0 heterocycles. The topological polar surface area (TPSA) is 66.8 Å². The van der Waals surface area contributed by atoms with E-state index < -0.39 is 11.9 Å². The minimum Gasteiger partial charge on any atom is -0.496 e. The molecule has 1 atom stereocenters. The molecule has 1 aliphatic carbocycles. The Bertz CT molecular complexity index is 510.